The lowest BCUT2D eigenvalue weighted by Crippen LogP contribution is -2.40. The van der Waals surface area contributed by atoms with Crippen LogP contribution >= 0.6 is 0 Å². The molecule has 0 aromatic carbocycles. The van der Waals surface area contributed by atoms with Gasteiger partial charge in [-0.05, 0) is 6.92 Å². The second-order valence-corrected chi connectivity index (χ2v) is 4.14. The normalized spacial score (nSPS) is 28.9. The molecule has 2 aliphatic heterocycles. The van der Waals surface area contributed by atoms with Crippen LogP contribution in [0.3, 0.4) is 0 Å². The third-order valence-corrected chi connectivity index (χ3v) is 3.33. The fourth-order valence-corrected chi connectivity index (χ4v) is 2.46. The number of nitrogens with two attached hydrogens (primary N) is 1. The zero-order valence-electron chi connectivity index (χ0n) is 9.18. The minimum atomic E-state index is -0.344. The third kappa shape index (κ3) is 1.41. The summed E-state index contributed by atoms with van der Waals surface area (Å²) in [6, 6.07) is 0. The molecule has 0 saturated carbocycles. The Morgan fingerprint density at radius 1 is 1.31 bits per heavy atom. The molecular weight excluding hydrogens is 210 g/mol. The number of likely N-dealkylation sites (tertiary alicyclic amines) is 2. The summed E-state index contributed by atoms with van der Waals surface area (Å²) in [7, 11) is 0. The number of carbonyl (C=O) groups is 3. The van der Waals surface area contributed by atoms with Crippen LogP contribution in [0.2, 0.25) is 0 Å². The van der Waals surface area contributed by atoms with Gasteiger partial charge in [-0.1, -0.05) is 0 Å². The van der Waals surface area contributed by atoms with Crippen LogP contribution in [-0.4, -0.2) is 53.7 Å². The smallest absolute Gasteiger partial charge is 0.236 e. The lowest BCUT2D eigenvalue weighted by atomic mass is 10.00. The van der Waals surface area contributed by atoms with Crippen LogP contribution in [0.25, 0.3) is 0 Å². The van der Waals surface area contributed by atoms with Crippen LogP contribution in [0.1, 0.15) is 6.92 Å². The third-order valence-electron chi connectivity index (χ3n) is 3.33. The van der Waals surface area contributed by atoms with Crippen molar-refractivity contribution in [3.63, 3.8) is 0 Å². The van der Waals surface area contributed by atoms with Gasteiger partial charge in [0.1, 0.15) is 0 Å². The molecule has 2 rings (SSSR count). The molecule has 0 aliphatic carbocycles. The van der Waals surface area contributed by atoms with Gasteiger partial charge in [-0.15, -0.1) is 0 Å². The van der Waals surface area contributed by atoms with E-state index in [1.807, 2.05) is 0 Å². The van der Waals surface area contributed by atoms with Crippen LogP contribution in [0, 0.1) is 11.8 Å². The lowest BCUT2D eigenvalue weighted by molar-refractivity contribution is -0.140. The Morgan fingerprint density at radius 3 is 2.19 bits per heavy atom. The maximum absolute atomic E-state index is 11.8. The number of rotatable bonds is 2. The highest BCUT2D eigenvalue weighted by Gasteiger charge is 2.52. The summed E-state index contributed by atoms with van der Waals surface area (Å²) in [5.74, 6) is -1.18. The Balaban J connectivity index is 2.14. The van der Waals surface area contributed by atoms with Gasteiger partial charge < -0.3 is 10.6 Å². The van der Waals surface area contributed by atoms with Crippen LogP contribution in [-0.2, 0) is 14.4 Å². The first kappa shape index (κ1) is 11.1. The zero-order chi connectivity index (χ0) is 11.9. The number of nitrogens with zero attached hydrogens (tertiary/aromatic N) is 2. The van der Waals surface area contributed by atoms with Gasteiger partial charge >= 0.3 is 0 Å². The summed E-state index contributed by atoms with van der Waals surface area (Å²) in [4.78, 5) is 37.8. The summed E-state index contributed by atoms with van der Waals surface area (Å²) in [6.45, 7) is 2.79. The maximum Gasteiger partial charge on any atom is 0.236 e. The molecule has 0 unspecified atom stereocenters. The van der Waals surface area contributed by atoms with E-state index in [1.165, 1.54) is 9.80 Å². The van der Waals surface area contributed by atoms with Crippen molar-refractivity contribution in [2.75, 3.05) is 26.2 Å². The number of fused-ring (bicyclic) bond motifs is 1. The Labute approximate surface area is 93.4 Å². The van der Waals surface area contributed by atoms with Crippen molar-refractivity contribution in [3.05, 3.63) is 0 Å². The van der Waals surface area contributed by atoms with Gasteiger partial charge in [0, 0.05) is 19.6 Å². The van der Waals surface area contributed by atoms with Crippen molar-refractivity contribution < 1.29 is 14.4 Å². The predicted molar refractivity (Wildman–Crippen MR) is 55.0 cm³/mol. The molecule has 88 valence electrons. The molecule has 2 heterocycles. The summed E-state index contributed by atoms with van der Waals surface area (Å²) in [5, 5.41) is 0. The molecule has 0 radical (unpaired) electrons. The van der Waals surface area contributed by atoms with Gasteiger partial charge in [-0.3, -0.25) is 19.3 Å². The first-order chi connectivity index (χ1) is 7.60. The topological polar surface area (TPSA) is 83.7 Å². The van der Waals surface area contributed by atoms with E-state index in [9.17, 15) is 14.4 Å². The quantitative estimate of drug-likeness (QED) is 0.574. The van der Waals surface area contributed by atoms with Gasteiger partial charge in [-0.25, -0.2) is 0 Å². The molecule has 0 aromatic rings. The number of hydrogen-bond acceptors (Lipinski definition) is 4. The van der Waals surface area contributed by atoms with Crippen molar-refractivity contribution in [2.24, 2.45) is 17.6 Å². The highest BCUT2D eigenvalue weighted by molar-refractivity contribution is 6.06. The van der Waals surface area contributed by atoms with Crippen molar-refractivity contribution >= 4 is 17.7 Å². The van der Waals surface area contributed by atoms with Crippen molar-refractivity contribution in [3.8, 4) is 0 Å². The van der Waals surface area contributed by atoms with Crippen LogP contribution in [0.4, 0.5) is 0 Å². The lowest BCUT2D eigenvalue weighted by Gasteiger charge is -2.19. The molecule has 6 heteroatoms. The molecular formula is C10H15N3O3. The van der Waals surface area contributed by atoms with Crippen LogP contribution in [0.15, 0.2) is 0 Å². The molecule has 16 heavy (non-hydrogen) atoms. The highest BCUT2D eigenvalue weighted by atomic mass is 16.2. The standard InChI is InChI=1S/C10H15N3O3/c1-2-13-9(15)6-4-12(8(14)3-11)5-7(6)10(13)16/h6-7H,2-5,11H2,1H3/t6-,7+. The average molecular weight is 225 g/mol. The van der Waals surface area contributed by atoms with E-state index >= 15 is 0 Å². The summed E-state index contributed by atoms with van der Waals surface area (Å²) in [6.07, 6.45) is 0. The number of amides is 3. The fourth-order valence-electron chi connectivity index (χ4n) is 2.46. The highest BCUT2D eigenvalue weighted by Crippen LogP contribution is 2.32. The van der Waals surface area contributed by atoms with Crippen molar-refractivity contribution in [1.29, 1.82) is 0 Å². The molecule has 2 saturated heterocycles. The summed E-state index contributed by atoms with van der Waals surface area (Å²) < 4.78 is 0. The molecule has 0 spiro atoms. The SMILES string of the molecule is CCN1C(=O)[C@H]2CN(C(=O)CN)C[C@H]2C1=O. The first-order valence-electron chi connectivity index (χ1n) is 5.43. The molecule has 2 aliphatic rings. The fraction of sp³-hybridized carbons (Fsp3) is 0.700. The van der Waals surface area contributed by atoms with Crippen LogP contribution < -0.4 is 5.73 Å². The van der Waals surface area contributed by atoms with E-state index in [4.69, 9.17) is 5.73 Å². The van der Waals surface area contributed by atoms with Crippen molar-refractivity contribution in [2.45, 2.75) is 6.92 Å². The Morgan fingerprint density at radius 2 is 1.81 bits per heavy atom. The van der Waals surface area contributed by atoms with E-state index in [-0.39, 0.29) is 36.1 Å². The monoisotopic (exact) mass is 225 g/mol. The first-order valence-corrected chi connectivity index (χ1v) is 5.43. The van der Waals surface area contributed by atoms with E-state index < -0.39 is 0 Å². The van der Waals surface area contributed by atoms with Gasteiger partial charge in [-0.2, -0.15) is 0 Å². The van der Waals surface area contributed by atoms with Crippen molar-refractivity contribution in [1.82, 2.24) is 9.80 Å². The second-order valence-electron chi connectivity index (χ2n) is 4.14. The predicted octanol–water partition coefficient (Wildman–Crippen LogP) is -1.59. The van der Waals surface area contributed by atoms with Crippen LogP contribution in [0.5, 0.6) is 0 Å². The van der Waals surface area contributed by atoms with E-state index in [2.05, 4.69) is 0 Å². The number of imide groups is 1. The molecule has 2 N–H and O–H groups in total. The Kier molecular flexibility index (Phi) is 2.67. The average Bonchev–Trinajstić information content (AvgIpc) is 2.80. The Hall–Kier alpha value is -1.43. The molecule has 2 atom stereocenters. The minimum Gasteiger partial charge on any atom is -0.340 e. The summed E-state index contributed by atoms with van der Waals surface area (Å²) in [5.41, 5.74) is 5.25. The zero-order valence-corrected chi connectivity index (χ0v) is 9.18. The molecule has 0 aromatic heterocycles. The minimum absolute atomic E-state index is 0.0701. The molecule has 2 fully saturated rings. The second kappa shape index (κ2) is 3.86. The van der Waals surface area contributed by atoms with E-state index in [1.54, 1.807) is 6.92 Å². The molecule has 6 nitrogen and oxygen atoms in total. The number of hydrogen-bond donors (Lipinski definition) is 1. The van der Waals surface area contributed by atoms with Gasteiger partial charge in [0.15, 0.2) is 0 Å². The van der Waals surface area contributed by atoms with Gasteiger partial charge in [0.25, 0.3) is 0 Å². The molecule has 0 bridgehead atoms. The van der Waals surface area contributed by atoms with E-state index in [0.29, 0.717) is 19.6 Å². The Bertz CT molecular complexity index is 331. The maximum atomic E-state index is 11.8. The van der Waals surface area contributed by atoms with E-state index in [0.717, 1.165) is 0 Å². The summed E-state index contributed by atoms with van der Waals surface area (Å²) >= 11 is 0. The van der Waals surface area contributed by atoms with Gasteiger partial charge in [0.05, 0.1) is 18.4 Å². The largest absolute Gasteiger partial charge is 0.340 e. The van der Waals surface area contributed by atoms with Gasteiger partial charge in [0.2, 0.25) is 17.7 Å². The number of carbonyl (C=O) groups excluding carboxylic acids is 3. The molecule has 3 amide bonds.